The molecule has 0 aliphatic carbocycles. The third kappa shape index (κ3) is 6.13. The largest absolute Gasteiger partial charge is 0.504 e. The van der Waals surface area contributed by atoms with E-state index in [9.17, 15) is 32.7 Å². The number of aryl methyl sites for hydroxylation is 2. The zero-order valence-electron chi connectivity index (χ0n) is 28.1. The van der Waals surface area contributed by atoms with E-state index >= 15 is 0 Å². The van der Waals surface area contributed by atoms with Crippen molar-refractivity contribution < 1.29 is 27.9 Å². The van der Waals surface area contributed by atoms with Crippen molar-refractivity contribution in [1.29, 1.82) is 0 Å². The van der Waals surface area contributed by atoms with E-state index in [1.807, 2.05) is 23.8 Å². The molecular weight excluding hydrogens is 709 g/mol. The number of rotatable bonds is 7. The fraction of sp³-hybridized carbons (Fsp3) is 0.375. The van der Waals surface area contributed by atoms with Gasteiger partial charge in [0.05, 0.1) is 46.1 Å². The number of amides is 2. The highest BCUT2D eigenvalue weighted by Gasteiger charge is 2.33. The Morgan fingerprint density at radius 1 is 1.08 bits per heavy atom. The van der Waals surface area contributed by atoms with Crippen LogP contribution in [0.25, 0.3) is 5.78 Å². The van der Waals surface area contributed by atoms with Gasteiger partial charge in [0.2, 0.25) is 17.6 Å². The molecule has 4 aromatic heterocycles. The Balaban J connectivity index is 1.23. The first kappa shape index (κ1) is 34.7. The molecule has 0 unspecified atom stereocenters. The van der Waals surface area contributed by atoms with Crippen LogP contribution in [0.15, 0.2) is 35.5 Å². The molecule has 5 aromatic rings. The van der Waals surface area contributed by atoms with Crippen LogP contribution in [-0.4, -0.2) is 86.9 Å². The SMILES string of the molecule is CCc1c(N2CCN(C(=O)c3ncnc(C)c3O)CC2)c(=O)n2nc(N3Cc4cnn(C)c4C3)nc2n1CC(=O)Nc1ccc(C(F)(F)F)cc1Cl. The van der Waals surface area contributed by atoms with Gasteiger partial charge in [0, 0.05) is 45.3 Å². The lowest BCUT2D eigenvalue weighted by Gasteiger charge is -2.36. The average molecular weight is 741 g/mol. The number of benzene rings is 1. The van der Waals surface area contributed by atoms with Crippen LogP contribution in [0, 0.1) is 6.92 Å². The van der Waals surface area contributed by atoms with E-state index in [1.165, 1.54) is 11.2 Å². The standard InChI is InChI=1S/C32H32ClF3N12O4/c1-4-22-26(44-7-9-45(10-8-44)28(51)25-27(50)17(2)37-16-38-25)29(52)48-31(41-30(42-48)46-13-18-12-39-43(3)23(18)14-46)47(22)15-24(49)40-21-6-5-19(11-20(21)33)32(34,35)36/h5-6,11-12,16,50H,4,7-10,13-15H2,1-3H3,(H,40,49). The Morgan fingerprint density at radius 3 is 2.50 bits per heavy atom. The summed E-state index contributed by atoms with van der Waals surface area (Å²) in [5.41, 5.74) is 1.36. The summed E-state index contributed by atoms with van der Waals surface area (Å²) >= 11 is 6.13. The minimum absolute atomic E-state index is 0.0219. The molecule has 0 saturated carbocycles. The van der Waals surface area contributed by atoms with Gasteiger partial charge >= 0.3 is 6.18 Å². The van der Waals surface area contributed by atoms with E-state index in [-0.39, 0.29) is 84.4 Å². The van der Waals surface area contributed by atoms with Gasteiger partial charge in [0.15, 0.2) is 11.4 Å². The second-order valence-electron chi connectivity index (χ2n) is 12.4. The van der Waals surface area contributed by atoms with Gasteiger partial charge in [-0.2, -0.15) is 27.8 Å². The molecule has 7 rings (SSSR count). The second kappa shape index (κ2) is 13.1. The summed E-state index contributed by atoms with van der Waals surface area (Å²) in [5.74, 6) is -1.07. The van der Waals surface area contributed by atoms with E-state index in [1.54, 1.807) is 22.4 Å². The molecule has 2 amide bonds. The van der Waals surface area contributed by atoms with E-state index < -0.39 is 29.1 Å². The van der Waals surface area contributed by atoms with Crippen molar-refractivity contribution in [2.45, 2.75) is 46.1 Å². The first-order valence-corrected chi connectivity index (χ1v) is 16.6. The van der Waals surface area contributed by atoms with Gasteiger partial charge in [-0.1, -0.05) is 18.5 Å². The normalized spacial score (nSPS) is 14.7. The molecule has 0 atom stereocenters. The Bertz CT molecular complexity index is 2290. The minimum atomic E-state index is -4.62. The lowest BCUT2D eigenvalue weighted by molar-refractivity contribution is -0.137. The maximum Gasteiger partial charge on any atom is 0.416 e. The summed E-state index contributed by atoms with van der Waals surface area (Å²) in [4.78, 5) is 58.9. The lowest BCUT2D eigenvalue weighted by Crippen LogP contribution is -2.51. The van der Waals surface area contributed by atoms with Crippen LogP contribution in [0.3, 0.4) is 0 Å². The predicted molar refractivity (Wildman–Crippen MR) is 181 cm³/mol. The molecule has 0 bridgehead atoms. The number of halogens is 4. The van der Waals surface area contributed by atoms with Gasteiger partial charge in [-0.3, -0.25) is 19.1 Å². The average Bonchev–Trinajstić information content (AvgIpc) is 3.83. The summed E-state index contributed by atoms with van der Waals surface area (Å²) in [6.07, 6.45) is -1.37. The van der Waals surface area contributed by atoms with Gasteiger partial charge < -0.3 is 29.7 Å². The molecule has 6 heterocycles. The fourth-order valence-corrected chi connectivity index (χ4v) is 6.74. The van der Waals surface area contributed by atoms with Gasteiger partial charge in [-0.25, -0.2) is 9.97 Å². The molecule has 1 saturated heterocycles. The smallest absolute Gasteiger partial charge is 0.416 e. The zero-order chi connectivity index (χ0) is 37.1. The molecule has 272 valence electrons. The molecule has 2 aliphatic heterocycles. The van der Waals surface area contributed by atoms with Gasteiger partial charge in [0.25, 0.3) is 11.5 Å². The minimum Gasteiger partial charge on any atom is -0.504 e. The highest BCUT2D eigenvalue weighted by Crippen LogP contribution is 2.34. The number of fused-ring (bicyclic) bond motifs is 2. The highest BCUT2D eigenvalue weighted by atomic mass is 35.5. The number of carbonyl (C=O) groups is 2. The number of hydrogen-bond acceptors (Lipinski definition) is 11. The Kier molecular flexibility index (Phi) is 8.76. The van der Waals surface area contributed by atoms with E-state index in [4.69, 9.17) is 16.6 Å². The number of hydrogen-bond donors (Lipinski definition) is 2. The van der Waals surface area contributed by atoms with Crippen LogP contribution in [0.2, 0.25) is 5.02 Å². The van der Waals surface area contributed by atoms with Crippen molar-refractivity contribution >= 4 is 46.5 Å². The number of nitrogens with one attached hydrogen (secondary N) is 1. The molecule has 16 nitrogen and oxygen atoms in total. The van der Waals surface area contributed by atoms with Crippen molar-refractivity contribution in [2.75, 3.05) is 41.3 Å². The Morgan fingerprint density at radius 2 is 1.83 bits per heavy atom. The first-order chi connectivity index (χ1) is 24.7. The van der Waals surface area contributed by atoms with Crippen LogP contribution in [0.5, 0.6) is 5.75 Å². The van der Waals surface area contributed by atoms with E-state index in [2.05, 4.69) is 25.5 Å². The number of alkyl halides is 3. The number of piperazine rings is 1. The molecule has 2 N–H and O–H groups in total. The number of nitrogens with zero attached hydrogens (tertiary/aromatic N) is 11. The van der Waals surface area contributed by atoms with Crippen LogP contribution in [-0.2, 0) is 44.1 Å². The number of aromatic nitrogens is 8. The fourth-order valence-electron chi connectivity index (χ4n) is 6.51. The third-order valence-corrected chi connectivity index (χ3v) is 9.56. The Labute approximate surface area is 298 Å². The topological polar surface area (TPSA) is 172 Å². The molecule has 1 aromatic carbocycles. The molecule has 1 fully saturated rings. The number of carbonyl (C=O) groups excluding carboxylic acids is 2. The first-order valence-electron chi connectivity index (χ1n) is 16.2. The monoisotopic (exact) mass is 740 g/mol. The quantitative estimate of drug-likeness (QED) is 0.252. The van der Waals surface area contributed by atoms with Gasteiger partial charge in [0.1, 0.15) is 18.6 Å². The zero-order valence-corrected chi connectivity index (χ0v) is 28.9. The maximum atomic E-state index is 14.3. The number of anilines is 3. The third-order valence-electron chi connectivity index (χ3n) is 9.25. The second-order valence-corrected chi connectivity index (χ2v) is 12.8. The summed E-state index contributed by atoms with van der Waals surface area (Å²) in [7, 11) is 1.83. The number of aromatic hydroxyl groups is 1. The molecule has 52 heavy (non-hydrogen) atoms. The van der Waals surface area contributed by atoms with Crippen molar-refractivity contribution in [2.24, 2.45) is 7.05 Å². The maximum absolute atomic E-state index is 14.3. The molecule has 2 aliphatic rings. The van der Waals surface area contributed by atoms with E-state index in [0.717, 1.165) is 34.0 Å². The summed E-state index contributed by atoms with van der Waals surface area (Å²) in [6, 6.07) is 2.63. The van der Waals surface area contributed by atoms with Crippen molar-refractivity contribution in [1.82, 2.24) is 43.8 Å². The van der Waals surface area contributed by atoms with Crippen LogP contribution in [0.1, 0.15) is 45.6 Å². The lowest BCUT2D eigenvalue weighted by atomic mass is 10.2. The summed E-state index contributed by atoms with van der Waals surface area (Å²) in [6.45, 7) is 4.73. The molecule has 0 spiro atoms. The summed E-state index contributed by atoms with van der Waals surface area (Å²) < 4.78 is 44.1. The molecule has 0 radical (unpaired) electrons. The summed E-state index contributed by atoms with van der Waals surface area (Å²) in [5, 5.41) is 21.6. The van der Waals surface area contributed by atoms with Crippen LogP contribution < -0.4 is 20.7 Å². The van der Waals surface area contributed by atoms with Gasteiger partial charge in [-0.15, -0.1) is 5.10 Å². The highest BCUT2D eigenvalue weighted by molar-refractivity contribution is 6.33. The van der Waals surface area contributed by atoms with E-state index in [0.29, 0.717) is 18.8 Å². The molecule has 20 heteroatoms. The van der Waals surface area contributed by atoms with Gasteiger partial charge in [-0.05, 0) is 31.5 Å². The van der Waals surface area contributed by atoms with Crippen molar-refractivity contribution in [3.63, 3.8) is 0 Å². The predicted octanol–water partition coefficient (Wildman–Crippen LogP) is 2.78. The molecular formula is C32H32ClF3N12O4. The van der Waals surface area contributed by atoms with Crippen molar-refractivity contribution in [3.8, 4) is 5.75 Å². The van der Waals surface area contributed by atoms with Crippen LogP contribution >= 0.6 is 11.6 Å². The Hall–Kier alpha value is -5.72. The van der Waals surface area contributed by atoms with Crippen molar-refractivity contribution in [3.05, 3.63) is 80.0 Å². The van der Waals surface area contributed by atoms with Crippen LogP contribution in [0.4, 0.5) is 30.5 Å².